The molecule has 51 heavy (non-hydrogen) atoms. The lowest BCUT2D eigenvalue weighted by Gasteiger charge is -2.25. The minimum absolute atomic E-state index is 0.367. The number of hydrogen-bond acceptors (Lipinski definition) is 4. The lowest BCUT2D eigenvalue weighted by molar-refractivity contribution is 0.668. The first-order valence-corrected chi connectivity index (χ1v) is 17.3. The van der Waals surface area contributed by atoms with E-state index in [0.29, 0.717) is 5.84 Å². The summed E-state index contributed by atoms with van der Waals surface area (Å²) in [5.74, 6) is 1.45. The molecule has 0 radical (unpaired) electrons. The number of amidine groups is 2. The van der Waals surface area contributed by atoms with Crippen LogP contribution in [0.25, 0.3) is 65.7 Å². The molecule has 0 saturated heterocycles. The van der Waals surface area contributed by atoms with Crippen molar-refractivity contribution in [2.75, 3.05) is 0 Å². The fourth-order valence-corrected chi connectivity index (χ4v) is 7.56. The number of benzene rings is 8. The van der Waals surface area contributed by atoms with E-state index in [1.165, 1.54) is 32.8 Å². The highest BCUT2D eigenvalue weighted by molar-refractivity contribution is 6.22. The highest BCUT2D eigenvalue weighted by Crippen LogP contribution is 2.39. The van der Waals surface area contributed by atoms with Gasteiger partial charge < -0.3 is 9.73 Å². The molecule has 1 unspecified atom stereocenters. The summed E-state index contributed by atoms with van der Waals surface area (Å²) in [5.41, 5.74) is 9.37. The first-order chi connectivity index (χ1) is 25.3. The maximum atomic E-state index is 6.57. The van der Waals surface area contributed by atoms with Crippen molar-refractivity contribution in [1.82, 2.24) is 5.32 Å². The summed E-state index contributed by atoms with van der Waals surface area (Å²) in [6, 6.07) is 61.6. The Morgan fingerprint density at radius 1 is 0.451 bits per heavy atom. The molecule has 8 aromatic carbocycles. The van der Waals surface area contributed by atoms with Gasteiger partial charge in [0.25, 0.3) is 0 Å². The highest BCUT2D eigenvalue weighted by Gasteiger charge is 2.25. The van der Waals surface area contributed by atoms with Gasteiger partial charge in [0.1, 0.15) is 23.2 Å². The van der Waals surface area contributed by atoms with Crippen molar-refractivity contribution < 1.29 is 4.42 Å². The normalized spacial score (nSPS) is 14.5. The Kier molecular flexibility index (Phi) is 6.85. The third kappa shape index (κ3) is 5.00. The van der Waals surface area contributed by atoms with E-state index in [2.05, 4.69) is 151 Å². The Morgan fingerprint density at radius 2 is 1.12 bits per heavy atom. The van der Waals surface area contributed by atoms with Crippen LogP contribution in [-0.2, 0) is 0 Å². The van der Waals surface area contributed by atoms with Gasteiger partial charge in [-0.2, -0.15) is 0 Å². The van der Waals surface area contributed by atoms with Crippen LogP contribution >= 0.6 is 0 Å². The second kappa shape index (κ2) is 12.0. The highest BCUT2D eigenvalue weighted by atomic mass is 16.3. The van der Waals surface area contributed by atoms with Gasteiger partial charge in [-0.15, -0.1) is 0 Å². The molecule has 10 rings (SSSR count). The monoisotopic (exact) mass is 653 g/mol. The molecule has 1 N–H and O–H groups in total. The number of furan rings is 1. The quantitative estimate of drug-likeness (QED) is 0.201. The van der Waals surface area contributed by atoms with Gasteiger partial charge in [0.05, 0.1) is 0 Å². The van der Waals surface area contributed by atoms with Gasteiger partial charge in [0.15, 0.2) is 5.84 Å². The van der Waals surface area contributed by atoms with Crippen LogP contribution < -0.4 is 5.32 Å². The third-order valence-corrected chi connectivity index (χ3v) is 9.97. The topological polar surface area (TPSA) is 49.9 Å². The maximum absolute atomic E-state index is 6.57. The van der Waals surface area contributed by atoms with Crippen molar-refractivity contribution in [1.29, 1.82) is 0 Å². The fourth-order valence-electron chi connectivity index (χ4n) is 7.56. The summed E-state index contributed by atoms with van der Waals surface area (Å²) in [4.78, 5) is 10.6. The molecule has 4 heteroatoms. The van der Waals surface area contributed by atoms with E-state index >= 15 is 0 Å². The van der Waals surface area contributed by atoms with Crippen LogP contribution in [0, 0.1) is 0 Å². The van der Waals surface area contributed by atoms with Crippen molar-refractivity contribution >= 4 is 55.2 Å². The molecule has 0 spiro atoms. The molecule has 4 nitrogen and oxygen atoms in total. The molecule has 9 aromatic rings. The molecular formula is C47H31N3O. The molecule has 2 heterocycles. The maximum Gasteiger partial charge on any atom is 0.160 e. The molecule has 240 valence electrons. The van der Waals surface area contributed by atoms with E-state index in [4.69, 9.17) is 14.4 Å². The summed E-state index contributed by atoms with van der Waals surface area (Å²) in [7, 11) is 0. The molecule has 1 aromatic heterocycles. The first kappa shape index (κ1) is 29.2. The second-order valence-electron chi connectivity index (χ2n) is 13.0. The van der Waals surface area contributed by atoms with Crippen LogP contribution in [0.4, 0.5) is 0 Å². The lowest BCUT2D eigenvalue weighted by atomic mass is 9.93. The van der Waals surface area contributed by atoms with Gasteiger partial charge in [0.2, 0.25) is 0 Å². The van der Waals surface area contributed by atoms with Crippen LogP contribution in [-0.4, -0.2) is 11.7 Å². The molecule has 0 amide bonds. The van der Waals surface area contributed by atoms with Gasteiger partial charge in [-0.1, -0.05) is 158 Å². The largest absolute Gasteiger partial charge is 0.456 e. The van der Waals surface area contributed by atoms with E-state index < -0.39 is 0 Å². The van der Waals surface area contributed by atoms with E-state index in [0.717, 1.165) is 55.4 Å². The van der Waals surface area contributed by atoms with Gasteiger partial charge in [-0.3, -0.25) is 0 Å². The molecular weight excluding hydrogens is 623 g/mol. The predicted molar refractivity (Wildman–Crippen MR) is 211 cm³/mol. The van der Waals surface area contributed by atoms with Crippen molar-refractivity contribution in [3.63, 3.8) is 0 Å². The minimum Gasteiger partial charge on any atom is -0.456 e. The zero-order chi connectivity index (χ0) is 33.7. The molecule has 0 saturated carbocycles. The van der Waals surface area contributed by atoms with Crippen molar-refractivity contribution in [3.05, 3.63) is 193 Å². The van der Waals surface area contributed by atoms with Crippen molar-refractivity contribution in [2.45, 2.75) is 6.17 Å². The third-order valence-electron chi connectivity index (χ3n) is 9.97. The number of hydrogen-bond donors (Lipinski definition) is 1. The smallest absolute Gasteiger partial charge is 0.160 e. The Bertz CT molecular complexity index is 2830. The fraction of sp³-hybridized carbons (Fsp3) is 0.0213. The van der Waals surface area contributed by atoms with Crippen LogP contribution in [0.3, 0.4) is 0 Å². The standard InChI is InChI=1S/C47H31N3O/c1-3-13-30(14-4-1)36-27-28-39(38-21-10-9-20-37(36)38)46-48-45(32-16-5-2-6-17-32)49-47(50-46)41-23-12-24-42-44(41)40-26-25-33(29-43(40)51-42)35-22-11-18-31-15-7-8-19-34(31)35/h1-29,46H,(H,48,49,50). The zero-order valence-electron chi connectivity index (χ0n) is 27.6. The number of nitrogens with zero attached hydrogens (tertiary/aromatic N) is 2. The Morgan fingerprint density at radius 3 is 1.96 bits per heavy atom. The molecule has 0 bridgehead atoms. The molecule has 1 aliphatic heterocycles. The van der Waals surface area contributed by atoms with Crippen molar-refractivity contribution in [3.8, 4) is 22.3 Å². The second-order valence-corrected chi connectivity index (χ2v) is 13.0. The molecule has 1 aliphatic rings. The number of aliphatic imine (C=N–C) groups is 2. The van der Waals surface area contributed by atoms with Gasteiger partial charge >= 0.3 is 0 Å². The van der Waals surface area contributed by atoms with E-state index in [9.17, 15) is 0 Å². The van der Waals surface area contributed by atoms with E-state index in [1.807, 2.05) is 30.3 Å². The average Bonchev–Trinajstić information content (AvgIpc) is 3.59. The molecule has 0 aliphatic carbocycles. The molecule has 1 atom stereocenters. The van der Waals surface area contributed by atoms with E-state index in [-0.39, 0.29) is 6.17 Å². The summed E-state index contributed by atoms with van der Waals surface area (Å²) in [6.07, 6.45) is -0.367. The Hall–Kier alpha value is -6.78. The predicted octanol–water partition coefficient (Wildman–Crippen LogP) is 11.7. The van der Waals surface area contributed by atoms with Crippen LogP contribution in [0.5, 0.6) is 0 Å². The zero-order valence-corrected chi connectivity index (χ0v) is 27.6. The van der Waals surface area contributed by atoms with Gasteiger partial charge in [0, 0.05) is 27.5 Å². The number of fused-ring (bicyclic) bond motifs is 5. The minimum atomic E-state index is -0.367. The Labute approximate surface area is 295 Å². The first-order valence-electron chi connectivity index (χ1n) is 17.3. The van der Waals surface area contributed by atoms with Crippen LogP contribution in [0.2, 0.25) is 0 Å². The summed E-state index contributed by atoms with van der Waals surface area (Å²) >= 11 is 0. The number of nitrogens with one attached hydrogen (secondary N) is 1. The lowest BCUT2D eigenvalue weighted by Crippen LogP contribution is -2.33. The van der Waals surface area contributed by atoms with Gasteiger partial charge in [-0.25, -0.2) is 9.98 Å². The summed E-state index contributed by atoms with van der Waals surface area (Å²) in [5, 5.41) is 10.5. The summed E-state index contributed by atoms with van der Waals surface area (Å²) < 4.78 is 6.57. The van der Waals surface area contributed by atoms with Crippen LogP contribution in [0.15, 0.2) is 190 Å². The average molecular weight is 654 g/mol. The van der Waals surface area contributed by atoms with Crippen LogP contribution in [0.1, 0.15) is 22.9 Å². The van der Waals surface area contributed by atoms with Crippen molar-refractivity contribution in [2.24, 2.45) is 9.98 Å². The SMILES string of the molecule is c1ccc(C2=NC(c3cccc4oc5cc(-c6cccc7ccccc67)ccc5c34)=NC(c3ccc(-c4ccccc4)c4ccccc34)N2)cc1. The Balaban J connectivity index is 1.14. The number of rotatable bonds is 5. The molecule has 0 fully saturated rings. The van der Waals surface area contributed by atoms with Gasteiger partial charge in [-0.05, 0) is 62.0 Å². The summed E-state index contributed by atoms with van der Waals surface area (Å²) in [6.45, 7) is 0. The van der Waals surface area contributed by atoms with E-state index in [1.54, 1.807) is 0 Å².